The molecule has 0 radical (unpaired) electrons. The van der Waals surface area contributed by atoms with Crippen LogP contribution in [-0.2, 0) is 4.79 Å². The first kappa shape index (κ1) is 15.1. The number of amides is 1. The quantitative estimate of drug-likeness (QED) is 0.819. The fourth-order valence-electron chi connectivity index (χ4n) is 1.85. The van der Waals surface area contributed by atoms with Gasteiger partial charge in [0.25, 0.3) is 0 Å². The summed E-state index contributed by atoms with van der Waals surface area (Å²) in [5.41, 5.74) is 1.11. The largest absolute Gasteiger partial charge is 0.493 e. The van der Waals surface area contributed by atoms with Crippen molar-refractivity contribution in [2.75, 3.05) is 13.2 Å². The van der Waals surface area contributed by atoms with Gasteiger partial charge < -0.3 is 19.6 Å². The summed E-state index contributed by atoms with van der Waals surface area (Å²) >= 11 is 0. The van der Waals surface area contributed by atoms with Crippen LogP contribution >= 0.6 is 0 Å². The zero-order valence-electron chi connectivity index (χ0n) is 11.9. The van der Waals surface area contributed by atoms with Crippen molar-refractivity contribution in [3.05, 3.63) is 54.0 Å². The van der Waals surface area contributed by atoms with E-state index in [1.807, 2.05) is 31.2 Å². The molecule has 1 aromatic carbocycles. The number of nitrogens with one attached hydrogen (secondary N) is 1. The minimum absolute atomic E-state index is 0.122. The number of furan rings is 1. The van der Waals surface area contributed by atoms with E-state index in [9.17, 15) is 9.90 Å². The number of carbonyl (C=O) groups is 1. The zero-order valence-corrected chi connectivity index (χ0v) is 11.9. The van der Waals surface area contributed by atoms with Crippen LogP contribution < -0.4 is 10.1 Å². The Kier molecular flexibility index (Phi) is 5.40. The van der Waals surface area contributed by atoms with Gasteiger partial charge in [-0.2, -0.15) is 0 Å². The summed E-state index contributed by atoms with van der Waals surface area (Å²) in [6, 6.07) is 11.0. The van der Waals surface area contributed by atoms with Gasteiger partial charge in [0, 0.05) is 0 Å². The Bertz CT molecular complexity index is 565. The molecule has 1 aromatic heterocycles. The number of hydrogen-bond acceptors (Lipinski definition) is 4. The average Bonchev–Trinajstić information content (AvgIpc) is 2.99. The van der Waals surface area contributed by atoms with Crippen LogP contribution in [0.2, 0.25) is 0 Å². The maximum Gasteiger partial charge on any atom is 0.223 e. The van der Waals surface area contributed by atoms with E-state index in [-0.39, 0.29) is 18.9 Å². The maximum atomic E-state index is 11.6. The summed E-state index contributed by atoms with van der Waals surface area (Å²) in [5, 5.41) is 12.4. The average molecular weight is 289 g/mol. The van der Waals surface area contributed by atoms with Crippen LogP contribution in [0.25, 0.3) is 0 Å². The molecular formula is C16H19NO4. The van der Waals surface area contributed by atoms with E-state index < -0.39 is 6.10 Å². The Labute approximate surface area is 123 Å². The number of aliphatic hydroxyl groups is 1. The van der Waals surface area contributed by atoms with E-state index in [1.165, 1.54) is 6.26 Å². The number of aryl methyl sites for hydroxylation is 1. The normalized spacial score (nSPS) is 11.9. The van der Waals surface area contributed by atoms with Gasteiger partial charge in [-0.05, 0) is 36.8 Å². The van der Waals surface area contributed by atoms with Crippen molar-refractivity contribution in [1.82, 2.24) is 5.32 Å². The Morgan fingerprint density at radius 1 is 1.38 bits per heavy atom. The second kappa shape index (κ2) is 7.50. The van der Waals surface area contributed by atoms with E-state index in [0.29, 0.717) is 12.4 Å². The highest BCUT2D eigenvalue weighted by Crippen LogP contribution is 2.13. The highest BCUT2D eigenvalue weighted by Gasteiger charge is 2.11. The monoisotopic (exact) mass is 289 g/mol. The summed E-state index contributed by atoms with van der Waals surface area (Å²) in [4.78, 5) is 11.6. The lowest BCUT2D eigenvalue weighted by molar-refractivity contribution is -0.122. The predicted octanol–water partition coefficient (Wildman–Crippen LogP) is 2.21. The highest BCUT2D eigenvalue weighted by atomic mass is 16.5. The minimum atomic E-state index is -0.832. The third kappa shape index (κ3) is 4.96. The number of carbonyl (C=O) groups excluding carboxylic acids is 1. The van der Waals surface area contributed by atoms with Crippen LogP contribution in [0.4, 0.5) is 0 Å². The fourth-order valence-corrected chi connectivity index (χ4v) is 1.85. The molecule has 0 saturated heterocycles. The lowest BCUT2D eigenvalue weighted by Gasteiger charge is -2.10. The van der Waals surface area contributed by atoms with Crippen LogP contribution in [-0.4, -0.2) is 24.2 Å². The standard InChI is InChI=1S/C16H19NO4/c1-12-4-2-5-13(10-12)20-9-7-16(19)17-11-14(18)15-6-3-8-21-15/h2-6,8,10,14,18H,7,9,11H2,1H3,(H,17,19). The van der Waals surface area contributed by atoms with Gasteiger partial charge >= 0.3 is 0 Å². The van der Waals surface area contributed by atoms with E-state index in [0.717, 1.165) is 11.3 Å². The van der Waals surface area contributed by atoms with E-state index in [2.05, 4.69) is 5.32 Å². The molecule has 2 N–H and O–H groups in total. The van der Waals surface area contributed by atoms with Crippen LogP contribution in [0.1, 0.15) is 23.8 Å². The van der Waals surface area contributed by atoms with Gasteiger partial charge in [-0.3, -0.25) is 4.79 Å². The fraction of sp³-hybridized carbons (Fsp3) is 0.312. The van der Waals surface area contributed by atoms with Crippen LogP contribution in [0.15, 0.2) is 47.1 Å². The Morgan fingerprint density at radius 2 is 2.24 bits per heavy atom. The van der Waals surface area contributed by atoms with Gasteiger partial charge in [0.05, 0.1) is 25.8 Å². The first-order valence-corrected chi connectivity index (χ1v) is 6.83. The molecule has 0 fully saturated rings. The molecule has 1 atom stereocenters. The third-order valence-electron chi connectivity index (χ3n) is 2.95. The molecule has 112 valence electrons. The molecule has 5 heteroatoms. The summed E-state index contributed by atoms with van der Waals surface area (Å²) < 4.78 is 10.5. The van der Waals surface area contributed by atoms with Crippen molar-refractivity contribution >= 4 is 5.91 Å². The van der Waals surface area contributed by atoms with Crippen molar-refractivity contribution in [2.45, 2.75) is 19.4 Å². The minimum Gasteiger partial charge on any atom is -0.493 e. The smallest absolute Gasteiger partial charge is 0.223 e. The lowest BCUT2D eigenvalue weighted by atomic mass is 10.2. The van der Waals surface area contributed by atoms with Crippen molar-refractivity contribution in [3.63, 3.8) is 0 Å². The summed E-state index contributed by atoms with van der Waals surface area (Å²) in [6.07, 6.45) is 0.885. The van der Waals surface area contributed by atoms with Crippen molar-refractivity contribution in [3.8, 4) is 5.75 Å². The van der Waals surface area contributed by atoms with Gasteiger partial charge in [0.1, 0.15) is 17.6 Å². The number of aliphatic hydroxyl groups excluding tert-OH is 1. The zero-order chi connectivity index (χ0) is 15.1. The molecule has 1 heterocycles. The van der Waals surface area contributed by atoms with Gasteiger partial charge in [-0.1, -0.05) is 12.1 Å². The number of ether oxygens (including phenoxy) is 1. The summed E-state index contributed by atoms with van der Waals surface area (Å²) in [6.45, 7) is 2.40. The van der Waals surface area contributed by atoms with Crippen molar-refractivity contribution in [1.29, 1.82) is 0 Å². The van der Waals surface area contributed by atoms with E-state index in [4.69, 9.17) is 9.15 Å². The van der Waals surface area contributed by atoms with Crippen LogP contribution in [0.5, 0.6) is 5.75 Å². The molecule has 0 aliphatic heterocycles. The third-order valence-corrected chi connectivity index (χ3v) is 2.95. The summed E-state index contributed by atoms with van der Waals surface area (Å²) in [7, 11) is 0. The molecule has 0 aliphatic carbocycles. The molecule has 0 bridgehead atoms. The topological polar surface area (TPSA) is 71.7 Å². The van der Waals surface area contributed by atoms with Gasteiger partial charge in [-0.15, -0.1) is 0 Å². The molecule has 21 heavy (non-hydrogen) atoms. The molecular weight excluding hydrogens is 270 g/mol. The SMILES string of the molecule is Cc1cccc(OCCC(=O)NCC(O)c2ccco2)c1. The Balaban J connectivity index is 1.66. The Hall–Kier alpha value is -2.27. The molecule has 0 spiro atoms. The van der Waals surface area contributed by atoms with E-state index >= 15 is 0 Å². The number of hydrogen-bond donors (Lipinski definition) is 2. The highest BCUT2D eigenvalue weighted by molar-refractivity contribution is 5.76. The van der Waals surface area contributed by atoms with E-state index in [1.54, 1.807) is 12.1 Å². The number of rotatable bonds is 7. The first-order valence-electron chi connectivity index (χ1n) is 6.83. The van der Waals surface area contributed by atoms with Crippen molar-refractivity contribution in [2.24, 2.45) is 0 Å². The molecule has 1 amide bonds. The molecule has 1 unspecified atom stereocenters. The molecule has 0 saturated carbocycles. The first-order chi connectivity index (χ1) is 10.1. The van der Waals surface area contributed by atoms with Crippen LogP contribution in [0, 0.1) is 6.92 Å². The van der Waals surface area contributed by atoms with Gasteiger partial charge in [0.2, 0.25) is 5.91 Å². The summed E-state index contributed by atoms with van der Waals surface area (Å²) in [5.74, 6) is 1.01. The van der Waals surface area contributed by atoms with Crippen molar-refractivity contribution < 1.29 is 19.1 Å². The maximum absolute atomic E-state index is 11.6. The van der Waals surface area contributed by atoms with Crippen LogP contribution in [0.3, 0.4) is 0 Å². The van der Waals surface area contributed by atoms with Gasteiger partial charge in [-0.25, -0.2) is 0 Å². The lowest BCUT2D eigenvalue weighted by Crippen LogP contribution is -2.29. The molecule has 2 aromatic rings. The van der Waals surface area contributed by atoms with Gasteiger partial charge in [0.15, 0.2) is 0 Å². The molecule has 5 nitrogen and oxygen atoms in total. The Morgan fingerprint density at radius 3 is 2.95 bits per heavy atom. The molecule has 2 rings (SSSR count). The second-order valence-electron chi connectivity index (χ2n) is 4.75. The predicted molar refractivity (Wildman–Crippen MR) is 78.0 cm³/mol. The second-order valence-corrected chi connectivity index (χ2v) is 4.75. The molecule has 0 aliphatic rings. The number of benzene rings is 1.